The molecule has 3 aromatic rings. The highest BCUT2D eigenvalue weighted by Gasteiger charge is 2.32. The van der Waals surface area contributed by atoms with Crippen molar-refractivity contribution >= 4 is 29.3 Å². The molecule has 0 bridgehead atoms. The lowest BCUT2D eigenvalue weighted by Crippen LogP contribution is -2.31. The van der Waals surface area contributed by atoms with E-state index >= 15 is 0 Å². The summed E-state index contributed by atoms with van der Waals surface area (Å²) in [6.07, 6.45) is -1.27. The molecule has 0 radical (unpaired) electrons. The molecule has 1 aliphatic heterocycles. The van der Waals surface area contributed by atoms with Crippen LogP contribution in [-0.2, 0) is 37.5 Å². The van der Waals surface area contributed by atoms with Gasteiger partial charge in [0.25, 0.3) is 5.91 Å². The summed E-state index contributed by atoms with van der Waals surface area (Å²) in [5, 5.41) is 24.4. The Bertz CT molecular complexity index is 1200. The first-order valence-electron chi connectivity index (χ1n) is 11.8. The number of aryl methyl sites for hydroxylation is 1. The van der Waals surface area contributed by atoms with Crippen LogP contribution in [0, 0.1) is 0 Å². The van der Waals surface area contributed by atoms with Gasteiger partial charge in [-0.25, -0.2) is 4.68 Å². The van der Waals surface area contributed by atoms with Gasteiger partial charge in [-0.2, -0.15) is 0 Å². The number of aliphatic hydroxyl groups excluding tert-OH is 1. The number of carbonyl (C=O) groups is 2. The Morgan fingerprint density at radius 3 is 2.49 bits per heavy atom. The van der Waals surface area contributed by atoms with Crippen molar-refractivity contribution in [3.8, 4) is 0 Å². The Hall–Kier alpha value is -3.32. The highest BCUT2D eigenvalue weighted by molar-refractivity contribution is 7.99. The SMILES string of the molecule is CC(=O)O[C@@H](C)C(=O)Nc1ccc([C@@H]2O[C@H](CSc3nnnn3C)C[C@H](c3ccc(CO)cc3)O2)cc1. The van der Waals surface area contributed by atoms with Crippen LogP contribution in [0.15, 0.2) is 53.7 Å². The van der Waals surface area contributed by atoms with Gasteiger partial charge in [-0.15, -0.1) is 5.10 Å². The minimum Gasteiger partial charge on any atom is -0.453 e. The standard InChI is InChI=1S/C25H29N5O6S/c1-15(34-16(2)32)23(33)26-20-10-8-19(9-11-20)24-35-21(14-37-25-27-28-29-30(25)3)12-22(36-24)18-6-4-17(13-31)5-7-18/h4-11,15,21-22,24,31H,12-14H2,1-3H3,(H,26,33)/t15-,21-,22+,24+/m0/s1. The lowest BCUT2D eigenvalue weighted by molar-refractivity contribution is -0.245. The molecule has 0 unspecified atom stereocenters. The Morgan fingerprint density at radius 1 is 1.16 bits per heavy atom. The largest absolute Gasteiger partial charge is 0.453 e. The van der Waals surface area contributed by atoms with E-state index in [1.165, 1.54) is 25.6 Å². The summed E-state index contributed by atoms with van der Waals surface area (Å²) >= 11 is 1.51. The number of aromatic nitrogens is 4. The molecule has 0 spiro atoms. The van der Waals surface area contributed by atoms with E-state index in [-0.39, 0.29) is 18.8 Å². The third-order valence-electron chi connectivity index (χ3n) is 5.76. The predicted molar refractivity (Wildman–Crippen MR) is 134 cm³/mol. The van der Waals surface area contributed by atoms with Gasteiger partial charge < -0.3 is 24.6 Å². The maximum absolute atomic E-state index is 12.2. The summed E-state index contributed by atoms with van der Waals surface area (Å²) in [6, 6.07) is 14.8. The van der Waals surface area contributed by atoms with Crippen molar-refractivity contribution in [3.05, 3.63) is 65.2 Å². The van der Waals surface area contributed by atoms with Gasteiger partial charge in [0.1, 0.15) is 0 Å². The molecule has 0 aliphatic carbocycles. The number of ether oxygens (including phenoxy) is 3. The minimum atomic E-state index is -0.900. The molecule has 11 nitrogen and oxygen atoms in total. The van der Waals surface area contributed by atoms with Crippen LogP contribution in [0.3, 0.4) is 0 Å². The maximum Gasteiger partial charge on any atom is 0.303 e. The first-order chi connectivity index (χ1) is 17.8. The number of hydrogen-bond donors (Lipinski definition) is 2. The Labute approximate surface area is 218 Å². The van der Waals surface area contributed by atoms with Crippen molar-refractivity contribution in [2.75, 3.05) is 11.1 Å². The summed E-state index contributed by atoms with van der Waals surface area (Å²) in [6.45, 7) is 2.75. The minimum absolute atomic E-state index is 0.0227. The number of nitrogens with zero attached hydrogens (tertiary/aromatic N) is 4. The molecule has 1 fully saturated rings. The van der Waals surface area contributed by atoms with Gasteiger partial charge in [0.15, 0.2) is 12.4 Å². The summed E-state index contributed by atoms with van der Waals surface area (Å²) in [7, 11) is 1.79. The molecule has 196 valence electrons. The van der Waals surface area contributed by atoms with Crippen LogP contribution in [-0.4, -0.2) is 55.2 Å². The summed E-state index contributed by atoms with van der Waals surface area (Å²) < 4.78 is 19.2. The quantitative estimate of drug-likeness (QED) is 0.315. The van der Waals surface area contributed by atoms with Gasteiger partial charge in [-0.05, 0) is 40.6 Å². The van der Waals surface area contributed by atoms with Gasteiger partial charge in [-0.3, -0.25) is 9.59 Å². The van der Waals surface area contributed by atoms with Crippen LogP contribution in [0.25, 0.3) is 0 Å². The van der Waals surface area contributed by atoms with Crippen LogP contribution in [0.2, 0.25) is 0 Å². The van der Waals surface area contributed by atoms with Crippen molar-refractivity contribution in [3.63, 3.8) is 0 Å². The predicted octanol–water partition coefficient (Wildman–Crippen LogP) is 2.93. The number of anilines is 1. The second-order valence-electron chi connectivity index (χ2n) is 8.61. The lowest BCUT2D eigenvalue weighted by Gasteiger charge is -2.36. The van der Waals surface area contributed by atoms with Crippen LogP contribution in [0.5, 0.6) is 0 Å². The van der Waals surface area contributed by atoms with Gasteiger partial charge in [0.05, 0.1) is 18.8 Å². The average Bonchev–Trinajstić information content (AvgIpc) is 3.31. The van der Waals surface area contributed by atoms with E-state index < -0.39 is 24.3 Å². The first-order valence-corrected chi connectivity index (χ1v) is 12.7. The number of amides is 1. The van der Waals surface area contributed by atoms with Crippen molar-refractivity contribution < 1.29 is 28.9 Å². The number of esters is 1. The molecule has 1 saturated heterocycles. The molecular weight excluding hydrogens is 498 g/mol. The average molecular weight is 528 g/mol. The fourth-order valence-corrected chi connectivity index (χ4v) is 4.67. The molecule has 2 heterocycles. The van der Waals surface area contributed by atoms with Crippen LogP contribution in [0.4, 0.5) is 5.69 Å². The molecule has 1 amide bonds. The first kappa shape index (κ1) is 26.7. The number of hydrogen-bond acceptors (Lipinski definition) is 10. The third kappa shape index (κ3) is 7.13. The van der Waals surface area contributed by atoms with Crippen molar-refractivity contribution in [1.29, 1.82) is 0 Å². The molecule has 1 aromatic heterocycles. The fraction of sp³-hybridized carbons (Fsp3) is 0.400. The second-order valence-corrected chi connectivity index (χ2v) is 9.60. The normalized spacial score (nSPS) is 20.3. The number of carbonyl (C=O) groups excluding carboxylic acids is 2. The molecule has 12 heteroatoms. The second kappa shape index (κ2) is 12.3. The molecule has 2 N–H and O–H groups in total. The molecule has 1 aliphatic rings. The Kier molecular flexibility index (Phi) is 8.87. The molecule has 4 rings (SSSR count). The molecular formula is C25H29N5O6S. The van der Waals surface area contributed by atoms with Crippen molar-refractivity contribution in [1.82, 2.24) is 20.2 Å². The molecule has 37 heavy (non-hydrogen) atoms. The van der Waals surface area contributed by atoms with E-state index in [1.54, 1.807) is 23.9 Å². The highest BCUT2D eigenvalue weighted by Crippen LogP contribution is 2.39. The van der Waals surface area contributed by atoms with E-state index in [2.05, 4.69) is 20.8 Å². The zero-order valence-electron chi connectivity index (χ0n) is 20.7. The highest BCUT2D eigenvalue weighted by atomic mass is 32.2. The van der Waals surface area contributed by atoms with Crippen molar-refractivity contribution in [2.24, 2.45) is 7.05 Å². The summed E-state index contributed by atoms with van der Waals surface area (Å²) in [5.74, 6) is -0.315. The van der Waals surface area contributed by atoms with Crippen molar-refractivity contribution in [2.45, 2.75) is 56.6 Å². The fourth-order valence-electron chi connectivity index (χ4n) is 3.80. The molecule has 0 saturated carbocycles. The van der Waals surface area contributed by atoms with E-state index in [9.17, 15) is 14.7 Å². The maximum atomic E-state index is 12.2. The van der Waals surface area contributed by atoms with Gasteiger partial charge in [0.2, 0.25) is 5.16 Å². The van der Waals surface area contributed by atoms with Gasteiger partial charge in [0, 0.05) is 37.4 Å². The van der Waals surface area contributed by atoms with Gasteiger partial charge in [-0.1, -0.05) is 48.2 Å². The third-order valence-corrected chi connectivity index (χ3v) is 6.90. The number of rotatable bonds is 9. The van der Waals surface area contributed by atoms with Gasteiger partial charge >= 0.3 is 5.97 Å². The van der Waals surface area contributed by atoms with Crippen LogP contribution in [0.1, 0.15) is 49.4 Å². The van der Waals surface area contributed by atoms with E-state index in [4.69, 9.17) is 14.2 Å². The number of nitrogens with one attached hydrogen (secondary N) is 1. The number of tetrazole rings is 1. The number of benzene rings is 2. The smallest absolute Gasteiger partial charge is 0.303 e. The van der Waals surface area contributed by atoms with Crippen LogP contribution < -0.4 is 5.32 Å². The van der Waals surface area contributed by atoms with E-state index in [1.807, 2.05) is 36.4 Å². The number of thioether (sulfide) groups is 1. The molecule has 2 aromatic carbocycles. The van der Waals surface area contributed by atoms with E-state index in [0.717, 1.165) is 16.7 Å². The summed E-state index contributed by atoms with van der Waals surface area (Å²) in [5.41, 5.74) is 3.17. The Morgan fingerprint density at radius 2 is 1.86 bits per heavy atom. The summed E-state index contributed by atoms with van der Waals surface area (Å²) in [4.78, 5) is 23.3. The van der Waals surface area contributed by atoms with Crippen LogP contribution >= 0.6 is 11.8 Å². The van der Waals surface area contributed by atoms with E-state index in [0.29, 0.717) is 23.0 Å². The molecule has 4 atom stereocenters. The number of aliphatic hydroxyl groups is 1. The Balaban J connectivity index is 1.47. The topological polar surface area (TPSA) is 138 Å². The lowest BCUT2D eigenvalue weighted by atomic mass is 10.0. The zero-order chi connectivity index (χ0) is 26.4. The monoisotopic (exact) mass is 527 g/mol. The zero-order valence-corrected chi connectivity index (χ0v) is 21.6.